The maximum atomic E-state index is 10.8. The third kappa shape index (κ3) is 4.45. The summed E-state index contributed by atoms with van der Waals surface area (Å²) in [5.41, 5.74) is 0. The topological polar surface area (TPSA) is 26.3 Å². The van der Waals surface area contributed by atoms with Crippen LogP contribution in [0.2, 0.25) is 0 Å². The van der Waals surface area contributed by atoms with Gasteiger partial charge in [0.15, 0.2) is 0 Å². The van der Waals surface area contributed by atoms with E-state index in [0.29, 0.717) is 6.42 Å². The van der Waals surface area contributed by atoms with Gasteiger partial charge in [-0.3, -0.25) is 4.79 Å². The first kappa shape index (κ1) is 11.3. The number of unbranched alkanes of at least 4 members (excludes halogenated alkanes) is 1. The monoisotopic (exact) mass is 196 g/mol. The molecule has 1 aliphatic rings. The Morgan fingerprint density at radius 3 is 3.00 bits per heavy atom. The highest BCUT2D eigenvalue weighted by molar-refractivity contribution is 5.68. The Morgan fingerprint density at radius 2 is 2.36 bits per heavy atom. The minimum Gasteiger partial charge on any atom is -0.469 e. The highest BCUT2D eigenvalue weighted by atomic mass is 16.5. The fourth-order valence-corrected chi connectivity index (χ4v) is 1.90. The third-order valence-corrected chi connectivity index (χ3v) is 2.79. The van der Waals surface area contributed by atoms with E-state index in [1.165, 1.54) is 32.8 Å². The van der Waals surface area contributed by atoms with Gasteiger partial charge in [0.2, 0.25) is 0 Å². The van der Waals surface area contributed by atoms with Crippen LogP contribution in [0.5, 0.6) is 0 Å². The molecule has 0 aliphatic heterocycles. The van der Waals surface area contributed by atoms with Crippen LogP contribution in [0.4, 0.5) is 0 Å². The Hall–Kier alpha value is -0.790. The lowest BCUT2D eigenvalue weighted by Crippen LogP contribution is -2.02. The fraction of sp³-hybridized carbons (Fsp3) is 0.750. The van der Waals surface area contributed by atoms with E-state index >= 15 is 0 Å². The predicted octanol–water partition coefficient (Wildman–Crippen LogP) is 3.08. The van der Waals surface area contributed by atoms with Crippen LogP contribution in [0.15, 0.2) is 12.2 Å². The molecule has 14 heavy (non-hydrogen) atoms. The van der Waals surface area contributed by atoms with Gasteiger partial charge in [-0.25, -0.2) is 0 Å². The van der Waals surface area contributed by atoms with Crippen molar-refractivity contribution in [3.05, 3.63) is 12.2 Å². The molecule has 0 aromatic rings. The van der Waals surface area contributed by atoms with Crippen molar-refractivity contribution in [2.75, 3.05) is 7.11 Å². The van der Waals surface area contributed by atoms with E-state index < -0.39 is 0 Å². The average molecular weight is 196 g/mol. The first-order valence-corrected chi connectivity index (χ1v) is 5.56. The number of hydrogen-bond donors (Lipinski definition) is 0. The van der Waals surface area contributed by atoms with Crippen LogP contribution < -0.4 is 0 Å². The smallest absolute Gasteiger partial charge is 0.305 e. The summed E-state index contributed by atoms with van der Waals surface area (Å²) in [7, 11) is 1.45. The van der Waals surface area contributed by atoms with Crippen molar-refractivity contribution in [2.45, 2.75) is 44.9 Å². The van der Waals surface area contributed by atoms with Crippen molar-refractivity contribution in [1.29, 1.82) is 0 Å². The number of allylic oxidation sites excluding steroid dienone is 2. The molecule has 0 aromatic carbocycles. The van der Waals surface area contributed by atoms with E-state index in [-0.39, 0.29) is 5.97 Å². The Kier molecular flexibility index (Phi) is 5.35. The van der Waals surface area contributed by atoms with E-state index in [1.54, 1.807) is 0 Å². The molecule has 0 saturated carbocycles. The second-order valence-electron chi connectivity index (χ2n) is 3.94. The summed E-state index contributed by atoms with van der Waals surface area (Å²) in [6.07, 6.45) is 12.4. The van der Waals surface area contributed by atoms with E-state index in [9.17, 15) is 4.79 Å². The number of hydrogen-bond acceptors (Lipinski definition) is 2. The second-order valence-corrected chi connectivity index (χ2v) is 3.94. The second kappa shape index (κ2) is 6.63. The van der Waals surface area contributed by atoms with Gasteiger partial charge in [0.05, 0.1) is 7.11 Å². The Bertz CT molecular complexity index is 196. The van der Waals surface area contributed by atoms with Gasteiger partial charge < -0.3 is 4.74 Å². The molecule has 0 saturated heterocycles. The number of rotatable bonds is 5. The standard InChI is InChI=1S/C12H20O2/c1-14-12(13)10-6-5-9-11-7-3-2-4-8-11/h3,7,11H,2,4-6,8-10H2,1H3/t11-/m1/s1. The summed E-state index contributed by atoms with van der Waals surface area (Å²) in [5.74, 6) is 0.686. The van der Waals surface area contributed by atoms with Gasteiger partial charge in [-0.1, -0.05) is 18.6 Å². The highest BCUT2D eigenvalue weighted by Crippen LogP contribution is 2.22. The van der Waals surface area contributed by atoms with E-state index in [2.05, 4.69) is 16.9 Å². The molecule has 0 spiro atoms. The van der Waals surface area contributed by atoms with Crippen molar-refractivity contribution < 1.29 is 9.53 Å². The first-order valence-electron chi connectivity index (χ1n) is 5.56. The van der Waals surface area contributed by atoms with E-state index in [1.807, 2.05) is 0 Å². The van der Waals surface area contributed by atoms with Gasteiger partial charge in [0, 0.05) is 6.42 Å². The lowest BCUT2D eigenvalue weighted by atomic mass is 9.91. The zero-order valence-corrected chi connectivity index (χ0v) is 9.00. The number of carbonyl (C=O) groups excluding carboxylic acids is 1. The van der Waals surface area contributed by atoms with Crippen molar-refractivity contribution in [3.63, 3.8) is 0 Å². The van der Waals surface area contributed by atoms with Crippen LogP contribution >= 0.6 is 0 Å². The lowest BCUT2D eigenvalue weighted by molar-refractivity contribution is -0.140. The molecule has 80 valence electrons. The fourth-order valence-electron chi connectivity index (χ4n) is 1.90. The van der Waals surface area contributed by atoms with Crippen molar-refractivity contribution >= 4 is 5.97 Å². The Labute approximate surface area is 86.3 Å². The average Bonchev–Trinajstić information content (AvgIpc) is 2.25. The van der Waals surface area contributed by atoms with Gasteiger partial charge in [-0.2, -0.15) is 0 Å². The SMILES string of the molecule is COC(=O)CCCC[C@@H]1C=CCCC1. The van der Waals surface area contributed by atoms with Crippen LogP contribution in [0.1, 0.15) is 44.9 Å². The zero-order chi connectivity index (χ0) is 10.2. The van der Waals surface area contributed by atoms with Crippen molar-refractivity contribution in [2.24, 2.45) is 5.92 Å². The Balaban J connectivity index is 2.00. The summed E-state index contributed by atoms with van der Waals surface area (Å²) in [5, 5.41) is 0. The first-order chi connectivity index (χ1) is 6.83. The summed E-state index contributed by atoms with van der Waals surface area (Å²) < 4.78 is 4.59. The van der Waals surface area contributed by atoms with Crippen molar-refractivity contribution in [3.8, 4) is 0 Å². The molecule has 2 nitrogen and oxygen atoms in total. The molecular formula is C12H20O2. The normalized spacial score (nSPS) is 20.8. The predicted molar refractivity (Wildman–Crippen MR) is 57.0 cm³/mol. The van der Waals surface area contributed by atoms with E-state index in [0.717, 1.165) is 18.8 Å². The molecule has 1 atom stereocenters. The largest absolute Gasteiger partial charge is 0.469 e. The number of methoxy groups -OCH3 is 1. The molecule has 0 N–H and O–H groups in total. The van der Waals surface area contributed by atoms with Gasteiger partial charge in [0.1, 0.15) is 0 Å². The molecule has 0 aromatic heterocycles. The molecule has 0 heterocycles. The summed E-state index contributed by atoms with van der Waals surface area (Å²) in [6, 6.07) is 0. The van der Waals surface area contributed by atoms with Gasteiger partial charge in [-0.05, 0) is 38.0 Å². The third-order valence-electron chi connectivity index (χ3n) is 2.79. The van der Waals surface area contributed by atoms with E-state index in [4.69, 9.17) is 0 Å². The lowest BCUT2D eigenvalue weighted by Gasteiger charge is -2.15. The molecule has 2 heteroatoms. The molecule has 0 amide bonds. The van der Waals surface area contributed by atoms with Gasteiger partial charge in [-0.15, -0.1) is 0 Å². The zero-order valence-electron chi connectivity index (χ0n) is 9.00. The molecule has 1 rings (SSSR count). The Morgan fingerprint density at radius 1 is 1.50 bits per heavy atom. The van der Waals surface area contributed by atoms with Gasteiger partial charge >= 0.3 is 5.97 Å². The number of ether oxygens (including phenoxy) is 1. The van der Waals surface area contributed by atoms with Crippen LogP contribution in [0.25, 0.3) is 0 Å². The maximum absolute atomic E-state index is 10.8. The van der Waals surface area contributed by atoms with Crippen LogP contribution in [-0.2, 0) is 9.53 Å². The minimum atomic E-state index is -0.0795. The molecule has 0 unspecified atom stereocenters. The molecule has 0 bridgehead atoms. The maximum Gasteiger partial charge on any atom is 0.305 e. The van der Waals surface area contributed by atoms with Crippen LogP contribution in [0.3, 0.4) is 0 Å². The summed E-state index contributed by atoms with van der Waals surface area (Å²) in [6.45, 7) is 0. The summed E-state index contributed by atoms with van der Waals surface area (Å²) >= 11 is 0. The molecule has 0 fully saturated rings. The summed E-state index contributed by atoms with van der Waals surface area (Å²) in [4.78, 5) is 10.8. The number of carbonyl (C=O) groups is 1. The van der Waals surface area contributed by atoms with Crippen molar-refractivity contribution in [1.82, 2.24) is 0 Å². The molecular weight excluding hydrogens is 176 g/mol. The molecule has 0 radical (unpaired) electrons. The minimum absolute atomic E-state index is 0.0795. The molecule has 1 aliphatic carbocycles. The van der Waals surface area contributed by atoms with Crippen LogP contribution in [0, 0.1) is 5.92 Å². The van der Waals surface area contributed by atoms with Crippen LogP contribution in [-0.4, -0.2) is 13.1 Å². The number of esters is 1. The quantitative estimate of drug-likeness (QED) is 0.384. The highest BCUT2D eigenvalue weighted by Gasteiger charge is 2.08. The van der Waals surface area contributed by atoms with Gasteiger partial charge in [0.25, 0.3) is 0 Å².